The Morgan fingerprint density at radius 3 is 1.66 bits per heavy atom. The maximum absolute atomic E-state index is 11.2. The zero-order valence-electron chi connectivity index (χ0n) is 36.4. The fourth-order valence-electron chi connectivity index (χ4n) is 8.11. The van der Waals surface area contributed by atoms with Gasteiger partial charge in [-0.3, -0.25) is 9.59 Å². The molecule has 0 aromatic carbocycles. The van der Waals surface area contributed by atoms with Crippen molar-refractivity contribution < 1.29 is 29.3 Å². The Hall–Kier alpha value is -6.74. The summed E-state index contributed by atoms with van der Waals surface area (Å²) in [7, 11) is 3.67. The molecule has 0 spiro atoms. The Morgan fingerprint density at radius 2 is 1.17 bits per heavy atom. The van der Waals surface area contributed by atoms with Crippen molar-refractivity contribution in [3.05, 3.63) is 58.7 Å². The topological polar surface area (TPSA) is 267 Å². The van der Waals surface area contributed by atoms with Gasteiger partial charge in [0.15, 0.2) is 11.6 Å². The number of aromatic nitrogens is 16. The van der Waals surface area contributed by atoms with Crippen LogP contribution >= 0.6 is 0 Å². The highest BCUT2D eigenvalue weighted by Crippen LogP contribution is 2.37. The summed E-state index contributed by atoms with van der Waals surface area (Å²) in [6.45, 7) is 5.38. The third-order valence-corrected chi connectivity index (χ3v) is 12.8. The van der Waals surface area contributed by atoms with E-state index in [-0.39, 0.29) is 23.7 Å². The Morgan fingerprint density at radius 1 is 0.641 bits per heavy atom. The molecule has 4 aliphatic rings. The van der Waals surface area contributed by atoms with Crippen LogP contribution in [0.3, 0.4) is 0 Å². The van der Waals surface area contributed by atoms with Crippen molar-refractivity contribution in [2.45, 2.75) is 91.1 Å². The molecular formula is C42H52N16O6. The van der Waals surface area contributed by atoms with Crippen LogP contribution in [0.25, 0.3) is 22.8 Å². The van der Waals surface area contributed by atoms with Crippen molar-refractivity contribution in [1.82, 2.24) is 80.4 Å². The van der Waals surface area contributed by atoms with E-state index >= 15 is 0 Å². The van der Waals surface area contributed by atoms with Gasteiger partial charge in [-0.05, 0) is 117 Å². The Bertz CT molecular complexity index is 2630. The normalized spacial score (nSPS) is 20.2. The molecule has 10 rings (SSSR count). The van der Waals surface area contributed by atoms with E-state index in [1.165, 1.54) is 25.7 Å². The van der Waals surface area contributed by atoms with E-state index in [2.05, 4.69) is 61.5 Å². The van der Waals surface area contributed by atoms with Crippen LogP contribution in [-0.4, -0.2) is 116 Å². The van der Waals surface area contributed by atoms with E-state index in [0.717, 1.165) is 72.9 Å². The number of carbonyl (C=O) groups is 2. The van der Waals surface area contributed by atoms with Gasteiger partial charge >= 0.3 is 11.9 Å². The highest BCUT2D eigenvalue weighted by atomic mass is 16.5. The third-order valence-electron chi connectivity index (χ3n) is 12.8. The van der Waals surface area contributed by atoms with Crippen molar-refractivity contribution in [1.29, 1.82) is 0 Å². The average Bonchev–Trinajstić information content (AvgIpc) is 4.05. The molecule has 4 fully saturated rings. The number of hydrogen-bond donors (Lipinski definition) is 2. The van der Waals surface area contributed by atoms with E-state index < -0.39 is 11.9 Å². The summed E-state index contributed by atoms with van der Waals surface area (Å²) in [4.78, 5) is 33.3. The van der Waals surface area contributed by atoms with E-state index in [4.69, 9.17) is 9.47 Å². The predicted octanol–water partition coefficient (Wildman–Crippen LogP) is 3.32. The van der Waals surface area contributed by atoms with Crippen molar-refractivity contribution in [3.63, 3.8) is 0 Å². The molecule has 22 heteroatoms. The van der Waals surface area contributed by atoms with Crippen molar-refractivity contribution in [2.24, 2.45) is 49.6 Å². The van der Waals surface area contributed by atoms with Crippen LogP contribution in [0.2, 0.25) is 0 Å². The van der Waals surface area contributed by atoms with Crippen LogP contribution < -0.4 is 9.47 Å². The molecule has 4 aliphatic carbocycles. The molecule has 2 N–H and O–H groups in total. The molecule has 22 nitrogen and oxygen atoms in total. The molecule has 4 saturated carbocycles. The van der Waals surface area contributed by atoms with Gasteiger partial charge in [-0.2, -0.15) is 4.80 Å². The van der Waals surface area contributed by atoms with Crippen LogP contribution in [0.5, 0.6) is 11.5 Å². The number of carboxylic acid groups (broad SMARTS) is 2. The minimum atomic E-state index is -0.744. The number of carboxylic acids is 2. The highest BCUT2D eigenvalue weighted by Gasteiger charge is 2.38. The number of aliphatic carboxylic acids is 2. The van der Waals surface area contributed by atoms with Gasteiger partial charge in [-0.15, -0.1) is 25.5 Å². The van der Waals surface area contributed by atoms with Crippen molar-refractivity contribution in [2.75, 3.05) is 13.2 Å². The zero-order chi connectivity index (χ0) is 44.5. The summed E-state index contributed by atoms with van der Waals surface area (Å²) < 4.78 is 17.0. The largest absolute Gasteiger partial charge is 0.491 e. The SMILES string of the molecule is Cc1nc(-c2nnn(C)c2Cn2nnc(CC3CC3)n2)ccc1OC[C@@H]1CC[C@H]1C(=O)O.Cc1nc(-c2nnn(C)c2Cn2nnnc2CC2CC2)ccc1OC[C@@H]1CC[C@H]1C(=O)O. The van der Waals surface area contributed by atoms with Crippen LogP contribution in [0, 0.1) is 49.4 Å². The van der Waals surface area contributed by atoms with E-state index in [9.17, 15) is 19.8 Å². The minimum Gasteiger partial charge on any atom is -0.491 e. The molecule has 6 aromatic rings. The van der Waals surface area contributed by atoms with Gasteiger partial charge in [0, 0.05) is 38.8 Å². The lowest BCUT2D eigenvalue weighted by Crippen LogP contribution is -2.36. The Kier molecular flexibility index (Phi) is 12.1. The summed E-state index contributed by atoms with van der Waals surface area (Å²) in [6.07, 6.45) is 9.94. The summed E-state index contributed by atoms with van der Waals surface area (Å²) in [5.41, 5.74) is 5.87. The monoisotopic (exact) mass is 876 g/mol. The zero-order valence-corrected chi connectivity index (χ0v) is 36.4. The second kappa shape index (κ2) is 18.2. The summed E-state index contributed by atoms with van der Waals surface area (Å²) in [5.74, 6) is 2.36. The van der Waals surface area contributed by atoms with Gasteiger partial charge in [-0.25, -0.2) is 24.0 Å². The Labute approximate surface area is 367 Å². The van der Waals surface area contributed by atoms with Gasteiger partial charge in [-0.1, -0.05) is 10.4 Å². The maximum Gasteiger partial charge on any atom is 0.306 e. The second-order valence-corrected chi connectivity index (χ2v) is 17.5. The van der Waals surface area contributed by atoms with Crippen LogP contribution in [0.4, 0.5) is 0 Å². The molecule has 6 aromatic heterocycles. The third kappa shape index (κ3) is 9.59. The number of nitrogens with zero attached hydrogens (tertiary/aromatic N) is 16. The second-order valence-electron chi connectivity index (χ2n) is 17.5. The lowest BCUT2D eigenvalue weighted by atomic mass is 9.74. The quantitative estimate of drug-likeness (QED) is 0.125. The van der Waals surface area contributed by atoms with Crippen LogP contribution in [0.1, 0.15) is 85.8 Å². The number of rotatable bonds is 18. The molecule has 64 heavy (non-hydrogen) atoms. The van der Waals surface area contributed by atoms with Gasteiger partial charge in [0.2, 0.25) is 0 Å². The molecule has 336 valence electrons. The molecule has 4 atom stereocenters. The van der Waals surface area contributed by atoms with Gasteiger partial charge in [0.25, 0.3) is 0 Å². The molecule has 0 aliphatic heterocycles. The average molecular weight is 877 g/mol. The van der Waals surface area contributed by atoms with E-state index in [1.807, 2.05) is 56.9 Å². The van der Waals surface area contributed by atoms with Crippen molar-refractivity contribution in [3.8, 4) is 34.3 Å². The summed E-state index contributed by atoms with van der Waals surface area (Å²) in [6, 6.07) is 7.42. The number of tetrazole rings is 2. The van der Waals surface area contributed by atoms with Crippen LogP contribution in [-0.2, 0) is 49.6 Å². The van der Waals surface area contributed by atoms with E-state index in [0.29, 0.717) is 72.4 Å². The summed E-state index contributed by atoms with van der Waals surface area (Å²) in [5, 5.41) is 60.4. The van der Waals surface area contributed by atoms with Crippen molar-refractivity contribution >= 4 is 11.9 Å². The van der Waals surface area contributed by atoms with Gasteiger partial charge < -0.3 is 19.7 Å². The standard InChI is InChI=1S/2C21H26N8O3/c1-12-18(32-11-14-5-6-15(14)21(30)31)8-7-16(22-12)20-17(28(2)26-24-20)10-29-19(23-25-27-29)9-13-3-4-13;1-12-18(32-11-14-5-6-15(14)21(30)31)8-7-16(22-12)20-17(28(2)26-24-20)10-29-25-19(23-27-29)9-13-3-4-13/h2*7-8,13-15H,3-6,9-11H2,1-2H3,(H,30,31)/t2*14-,15+/m00/s1. The molecule has 0 unspecified atom stereocenters. The molecule has 0 amide bonds. The predicted molar refractivity (Wildman–Crippen MR) is 223 cm³/mol. The number of hydrogen-bond acceptors (Lipinski definition) is 16. The first-order valence-corrected chi connectivity index (χ1v) is 21.9. The first kappa shape index (κ1) is 42.6. The number of pyridine rings is 2. The van der Waals surface area contributed by atoms with Crippen LogP contribution in [0.15, 0.2) is 24.3 Å². The fraction of sp³-hybridized carbons (Fsp3) is 0.571. The first-order chi connectivity index (χ1) is 31.0. The van der Waals surface area contributed by atoms with Gasteiger partial charge in [0.05, 0.1) is 65.8 Å². The Balaban J connectivity index is 0.000000162. The molecule has 0 bridgehead atoms. The highest BCUT2D eigenvalue weighted by molar-refractivity contribution is 5.72. The molecular weight excluding hydrogens is 825 g/mol. The molecule has 0 radical (unpaired) electrons. The number of aryl methyl sites for hydroxylation is 4. The summed E-state index contributed by atoms with van der Waals surface area (Å²) >= 11 is 0. The lowest BCUT2D eigenvalue weighted by molar-refractivity contribution is -0.149. The van der Waals surface area contributed by atoms with E-state index in [1.54, 1.807) is 14.2 Å². The fourth-order valence-corrected chi connectivity index (χ4v) is 8.11. The molecule has 0 saturated heterocycles. The smallest absolute Gasteiger partial charge is 0.306 e. The number of ether oxygens (including phenoxy) is 2. The minimum absolute atomic E-state index is 0.0538. The lowest BCUT2D eigenvalue weighted by Gasteiger charge is -2.33. The molecule has 6 heterocycles. The van der Waals surface area contributed by atoms with Gasteiger partial charge in [0.1, 0.15) is 29.4 Å². The first-order valence-electron chi connectivity index (χ1n) is 21.9. The maximum atomic E-state index is 11.2.